The number of amides is 2. The molecule has 0 aliphatic carbocycles. The second kappa shape index (κ2) is 10.4. The van der Waals surface area contributed by atoms with Gasteiger partial charge in [-0.15, -0.1) is 0 Å². The lowest BCUT2D eigenvalue weighted by Crippen LogP contribution is -2.48. The molecule has 2 aromatic carbocycles. The third-order valence-corrected chi connectivity index (χ3v) is 6.16. The Kier molecular flexibility index (Phi) is 7.14. The van der Waals surface area contributed by atoms with Gasteiger partial charge < -0.3 is 15.5 Å². The molecule has 2 amide bonds. The van der Waals surface area contributed by atoms with Crippen molar-refractivity contribution in [3.8, 4) is 0 Å². The molecule has 166 valence electrons. The average Bonchev–Trinajstić information content (AvgIpc) is 3.36. The smallest absolute Gasteiger partial charge is 0.256 e. The Hall–Kier alpha value is -3.23. The van der Waals surface area contributed by atoms with E-state index in [1.165, 1.54) is 23.5 Å². The van der Waals surface area contributed by atoms with Crippen LogP contribution in [0.1, 0.15) is 20.7 Å². The van der Waals surface area contributed by atoms with Crippen LogP contribution in [-0.4, -0.2) is 56.0 Å². The summed E-state index contributed by atoms with van der Waals surface area (Å²) in [6, 6.07) is 15.3. The molecule has 1 saturated heterocycles. The van der Waals surface area contributed by atoms with Gasteiger partial charge in [0.2, 0.25) is 0 Å². The number of para-hydroxylation sites is 1. The monoisotopic (exact) mass is 452 g/mol. The van der Waals surface area contributed by atoms with Crippen LogP contribution in [0.4, 0.5) is 15.8 Å². The van der Waals surface area contributed by atoms with Gasteiger partial charge in [0.1, 0.15) is 5.82 Å². The minimum absolute atomic E-state index is 0.212. The first kappa shape index (κ1) is 22.0. The third kappa shape index (κ3) is 5.52. The van der Waals surface area contributed by atoms with Crippen LogP contribution in [-0.2, 0) is 0 Å². The molecule has 0 saturated carbocycles. The molecule has 32 heavy (non-hydrogen) atoms. The van der Waals surface area contributed by atoms with Gasteiger partial charge in [-0.2, -0.15) is 11.3 Å². The summed E-state index contributed by atoms with van der Waals surface area (Å²) < 4.78 is 13.1. The topological polar surface area (TPSA) is 64.7 Å². The van der Waals surface area contributed by atoms with Crippen LogP contribution in [0.25, 0.3) is 0 Å². The number of hydrogen-bond donors (Lipinski definition) is 2. The number of carbonyl (C=O) groups excluding carboxylic acids is 2. The van der Waals surface area contributed by atoms with Crippen molar-refractivity contribution in [3.63, 3.8) is 0 Å². The molecule has 1 fully saturated rings. The van der Waals surface area contributed by atoms with Crippen LogP contribution in [0.3, 0.4) is 0 Å². The van der Waals surface area contributed by atoms with E-state index in [4.69, 9.17) is 0 Å². The largest absolute Gasteiger partial charge is 0.369 e. The highest BCUT2D eigenvalue weighted by atomic mass is 32.1. The molecule has 2 heterocycles. The molecule has 1 aromatic heterocycles. The van der Waals surface area contributed by atoms with Crippen molar-refractivity contribution >= 4 is 34.5 Å². The normalized spacial score (nSPS) is 14.2. The van der Waals surface area contributed by atoms with Crippen molar-refractivity contribution in [1.82, 2.24) is 10.2 Å². The van der Waals surface area contributed by atoms with Crippen molar-refractivity contribution < 1.29 is 14.0 Å². The Morgan fingerprint density at radius 1 is 0.938 bits per heavy atom. The number of piperazine rings is 1. The molecule has 0 bridgehead atoms. The average molecular weight is 453 g/mol. The molecule has 8 heteroatoms. The second-order valence-corrected chi connectivity index (χ2v) is 8.35. The zero-order valence-corrected chi connectivity index (χ0v) is 18.4. The molecule has 3 aromatic rings. The van der Waals surface area contributed by atoms with Gasteiger partial charge in [0, 0.05) is 50.3 Å². The molecule has 0 spiro atoms. The number of halogens is 1. The highest BCUT2D eigenvalue weighted by Gasteiger charge is 2.18. The van der Waals surface area contributed by atoms with Gasteiger partial charge >= 0.3 is 0 Å². The Morgan fingerprint density at radius 2 is 1.69 bits per heavy atom. The van der Waals surface area contributed by atoms with Gasteiger partial charge in [0.05, 0.1) is 16.8 Å². The zero-order valence-electron chi connectivity index (χ0n) is 17.6. The third-order valence-electron chi connectivity index (χ3n) is 5.48. The Bertz CT molecular complexity index is 1050. The molecule has 0 unspecified atom stereocenters. The number of rotatable bonds is 7. The standard InChI is InChI=1S/C24H25FN4O2S/c25-19-5-7-20(8-6-19)29-14-12-28(13-15-29)11-10-26-24(31)21-3-1-2-4-22(21)27-23(30)18-9-16-32-17-18/h1-9,16-17H,10-15H2,(H,26,31)(H,27,30). The molecule has 0 radical (unpaired) electrons. The van der Waals surface area contributed by atoms with Crippen LogP contribution >= 0.6 is 11.3 Å². The van der Waals surface area contributed by atoms with E-state index in [0.29, 0.717) is 23.4 Å². The second-order valence-electron chi connectivity index (χ2n) is 7.57. The molecule has 0 atom stereocenters. The maximum atomic E-state index is 13.1. The SMILES string of the molecule is O=C(Nc1ccccc1C(=O)NCCN1CCN(c2ccc(F)cc2)CC1)c1ccsc1. The molecular formula is C24H25FN4O2S. The summed E-state index contributed by atoms with van der Waals surface area (Å²) in [5.74, 6) is -0.669. The van der Waals surface area contributed by atoms with Crippen LogP contribution < -0.4 is 15.5 Å². The van der Waals surface area contributed by atoms with Crippen molar-refractivity contribution in [3.05, 3.63) is 82.3 Å². The quantitative estimate of drug-likeness (QED) is 0.574. The number of hydrogen-bond acceptors (Lipinski definition) is 5. The lowest BCUT2D eigenvalue weighted by atomic mass is 10.1. The molecule has 4 rings (SSSR count). The number of nitrogens with zero attached hydrogens (tertiary/aromatic N) is 2. The van der Waals surface area contributed by atoms with E-state index in [0.717, 1.165) is 38.4 Å². The van der Waals surface area contributed by atoms with Gasteiger partial charge in [-0.25, -0.2) is 4.39 Å². The lowest BCUT2D eigenvalue weighted by molar-refractivity contribution is 0.0948. The summed E-state index contributed by atoms with van der Waals surface area (Å²) in [6.45, 7) is 4.73. The predicted molar refractivity (Wildman–Crippen MR) is 126 cm³/mol. The van der Waals surface area contributed by atoms with Crippen LogP contribution in [0.2, 0.25) is 0 Å². The van der Waals surface area contributed by atoms with E-state index < -0.39 is 0 Å². The van der Waals surface area contributed by atoms with Gasteiger partial charge in [-0.05, 0) is 47.8 Å². The molecular weight excluding hydrogens is 427 g/mol. The van der Waals surface area contributed by atoms with Crippen molar-refractivity contribution in [2.75, 3.05) is 49.5 Å². The van der Waals surface area contributed by atoms with Crippen molar-refractivity contribution in [2.45, 2.75) is 0 Å². The van der Waals surface area contributed by atoms with Crippen LogP contribution in [0, 0.1) is 5.82 Å². The maximum Gasteiger partial charge on any atom is 0.256 e. The zero-order chi connectivity index (χ0) is 22.3. The van der Waals surface area contributed by atoms with Crippen molar-refractivity contribution in [1.29, 1.82) is 0 Å². The minimum atomic E-state index is -0.231. The first-order valence-electron chi connectivity index (χ1n) is 10.5. The predicted octanol–water partition coefficient (Wildman–Crippen LogP) is 3.69. The highest BCUT2D eigenvalue weighted by Crippen LogP contribution is 2.18. The van der Waals surface area contributed by atoms with Gasteiger partial charge in [-0.3, -0.25) is 14.5 Å². The van der Waals surface area contributed by atoms with E-state index in [2.05, 4.69) is 20.4 Å². The summed E-state index contributed by atoms with van der Waals surface area (Å²) in [5, 5.41) is 9.40. The summed E-state index contributed by atoms with van der Waals surface area (Å²) >= 11 is 1.45. The Balaban J connectivity index is 1.25. The highest BCUT2D eigenvalue weighted by molar-refractivity contribution is 7.08. The van der Waals surface area contributed by atoms with E-state index >= 15 is 0 Å². The van der Waals surface area contributed by atoms with Gasteiger partial charge in [0.25, 0.3) is 11.8 Å². The maximum absolute atomic E-state index is 13.1. The van der Waals surface area contributed by atoms with E-state index in [1.807, 2.05) is 5.38 Å². The number of nitrogens with one attached hydrogen (secondary N) is 2. The van der Waals surface area contributed by atoms with E-state index in [1.54, 1.807) is 47.8 Å². The van der Waals surface area contributed by atoms with Crippen molar-refractivity contribution in [2.24, 2.45) is 0 Å². The number of anilines is 2. The summed E-state index contributed by atoms with van der Waals surface area (Å²) in [7, 11) is 0. The Labute approximate surface area is 190 Å². The first-order chi connectivity index (χ1) is 15.6. The first-order valence-corrected chi connectivity index (χ1v) is 11.5. The fourth-order valence-electron chi connectivity index (χ4n) is 3.68. The van der Waals surface area contributed by atoms with Gasteiger partial charge in [-0.1, -0.05) is 12.1 Å². The fraction of sp³-hybridized carbons (Fsp3) is 0.250. The van der Waals surface area contributed by atoms with Gasteiger partial charge in [0.15, 0.2) is 0 Å². The summed E-state index contributed by atoms with van der Waals surface area (Å²) in [6.07, 6.45) is 0. The van der Waals surface area contributed by atoms with Crippen LogP contribution in [0.15, 0.2) is 65.4 Å². The Morgan fingerprint density at radius 3 is 2.41 bits per heavy atom. The molecule has 6 nitrogen and oxygen atoms in total. The van der Waals surface area contributed by atoms with E-state index in [9.17, 15) is 14.0 Å². The minimum Gasteiger partial charge on any atom is -0.369 e. The molecule has 1 aliphatic rings. The van der Waals surface area contributed by atoms with E-state index in [-0.39, 0.29) is 17.6 Å². The molecule has 1 aliphatic heterocycles. The number of thiophene rings is 1. The molecule has 2 N–H and O–H groups in total. The summed E-state index contributed by atoms with van der Waals surface area (Å²) in [5.41, 5.74) is 2.54. The number of carbonyl (C=O) groups is 2. The van der Waals surface area contributed by atoms with Crippen LogP contribution in [0.5, 0.6) is 0 Å². The fourth-order valence-corrected chi connectivity index (χ4v) is 4.32. The number of benzene rings is 2. The lowest BCUT2D eigenvalue weighted by Gasteiger charge is -2.36. The summed E-state index contributed by atoms with van der Waals surface area (Å²) in [4.78, 5) is 29.6.